The third-order valence-electron chi connectivity index (χ3n) is 6.00. The number of nitrogen functional groups attached to an aromatic ring is 1. The second-order valence-corrected chi connectivity index (χ2v) is 10.9. The fraction of sp³-hybridized carbons (Fsp3) is 0.478. The van der Waals surface area contributed by atoms with Gasteiger partial charge in [0.15, 0.2) is 11.5 Å². The first-order valence-corrected chi connectivity index (χ1v) is 13.4. The minimum Gasteiger partial charge on any atom is -0.462 e. The van der Waals surface area contributed by atoms with E-state index in [2.05, 4.69) is 20.0 Å². The number of hydrogen-bond donors (Lipinski definition) is 4. The van der Waals surface area contributed by atoms with Gasteiger partial charge in [-0.15, -0.1) is 0 Å². The van der Waals surface area contributed by atoms with Crippen LogP contribution in [0.3, 0.4) is 0 Å². The van der Waals surface area contributed by atoms with E-state index < -0.39 is 43.9 Å². The van der Waals surface area contributed by atoms with Crippen LogP contribution in [0.15, 0.2) is 43.0 Å². The molecule has 0 saturated heterocycles. The van der Waals surface area contributed by atoms with Gasteiger partial charge in [-0.2, -0.15) is 5.09 Å². The van der Waals surface area contributed by atoms with Crippen molar-refractivity contribution in [3.05, 3.63) is 43.0 Å². The third kappa shape index (κ3) is 6.08. The molecule has 1 aliphatic rings. The first-order chi connectivity index (χ1) is 17.6. The van der Waals surface area contributed by atoms with Crippen molar-refractivity contribution in [3.8, 4) is 5.75 Å². The number of ether oxygens (including phenoxy) is 1. The predicted octanol–water partition coefficient (Wildman–Crippen LogP) is 1.82. The molecule has 1 aromatic carbocycles. The molecule has 3 aromatic rings. The molecule has 0 aliphatic heterocycles. The number of esters is 1. The smallest absolute Gasteiger partial charge is 0.459 e. The van der Waals surface area contributed by atoms with Crippen LogP contribution in [0.25, 0.3) is 11.2 Å². The van der Waals surface area contributed by atoms with Crippen LogP contribution in [0, 0.1) is 5.92 Å². The first kappa shape index (κ1) is 27.0. The van der Waals surface area contributed by atoms with Crippen LogP contribution in [0.5, 0.6) is 5.75 Å². The van der Waals surface area contributed by atoms with Crippen molar-refractivity contribution in [1.82, 2.24) is 24.6 Å². The van der Waals surface area contributed by atoms with Crippen LogP contribution in [0.4, 0.5) is 5.82 Å². The largest absolute Gasteiger partial charge is 0.462 e. The highest BCUT2D eigenvalue weighted by molar-refractivity contribution is 7.52. The number of nitrogens with one attached hydrogen (secondary N) is 1. The van der Waals surface area contributed by atoms with E-state index in [1.807, 2.05) is 0 Å². The fourth-order valence-electron chi connectivity index (χ4n) is 4.18. The number of para-hydroxylation sites is 1. The van der Waals surface area contributed by atoms with E-state index in [1.54, 1.807) is 48.7 Å². The molecule has 1 saturated carbocycles. The van der Waals surface area contributed by atoms with E-state index in [-0.39, 0.29) is 30.7 Å². The van der Waals surface area contributed by atoms with Crippen LogP contribution in [-0.2, 0) is 18.6 Å². The van der Waals surface area contributed by atoms with E-state index in [4.69, 9.17) is 19.5 Å². The quantitative estimate of drug-likeness (QED) is 0.219. The number of benzene rings is 1. The van der Waals surface area contributed by atoms with Gasteiger partial charge in [-0.25, -0.2) is 19.5 Å². The molecule has 200 valence electrons. The van der Waals surface area contributed by atoms with Crippen LogP contribution < -0.4 is 15.3 Å². The van der Waals surface area contributed by atoms with E-state index in [0.29, 0.717) is 11.2 Å². The normalized spacial score (nSPS) is 24.2. The maximum absolute atomic E-state index is 13.7. The van der Waals surface area contributed by atoms with Crippen molar-refractivity contribution in [2.24, 2.45) is 5.92 Å². The van der Waals surface area contributed by atoms with E-state index >= 15 is 0 Å². The Balaban J connectivity index is 1.50. The summed E-state index contributed by atoms with van der Waals surface area (Å²) in [5.41, 5.74) is 6.66. The Bertz CT molecular complexity index is 1270. The molecule has 5 unspecified atom stereocenters. The summed E-state index contributed by atoms with van der Waals surface area (Å²) >= 11 is 0. The van der Waals surface area contributed by atoms with Gasteiger partial charge < -0.3 is 29.8 Å². The Labute approximate surface area is 213 Å². The topological polar surface area (TPSA) is 184 Å². The first-order valence-electron chi connectivity index (χ1n) is 11.8. The highest BCUT2D eigenvalue weighted by Crippen LogP contribution is 2.47. The van der Waals surface area contributed by atoms with Gasteiger partial charge in [0.1, 0.15) is 29.7 Å². The van der Waals surface area contributed by atoms with Crippen molar-refractivity contribution >= 4 is 30.7 Å². The van der Waals surface area contributed by atoms with Crippen LogP contribution in [-0.4, -0.2) is 66.7 Å². The lowest BCUT2D eigenvalue weighted by Gasteiger charge is -2.25. The number of imidazole rings is 1. The lowest BCUT2D eigenvalue weighted by molar-refractivity contribution is -0.149. The minimum atomic E-state index is -4.12. The standard InChI is InChI=1S/C23H31N6O7P/c1-13(2)35-23(32)14(3)28-37(33,36-16-7-5-4-6-8-16)34-10-15-9-17(20(31)19(15)30)29-12-27-18-21(24)25-11-26-22(18)29/h4-8,11-15,17,19-20,30-31H,9-10H2,1-3H3,(H,28,33)(H2,24,25,26)/t14-,15?,17?,19?,20?,37?/m0/s1. The minimum absolute atomic E-state index is 0.201. The van der Waals surface area contributed by atoms with Gasteiger partial charge >= 0.3 is 13.7 Å². The van der Waals surface area contributed by atoms with Crippen LogP contribution in [0.2, 0.25) is 0 Å². The molecular weight excluding hydrogens is 503 g/mol. The summed E-state index contributed by atoms with van der Waals surface area (Å²) in [6.07, 6.45) is 0.293. The number of aliphatic hydroxyl groups excluding tert-OH is 2. The van der Waals surface area contributed by atoms with Crippen molar-refractivity contribution in [2.45, 2.75) is 57.6 Å². The molecule has 37 heavy (non-hydrogen) atoms. The number of fused-ring (bicyclic) bond motifs is 1. The van der Waals surface area contributed by atoms with E-state index in [0.717, 1.165) is 0 Å². The number of aliphatic hydroxyl groups is 2. The zero-order valence-electron chi connectivity index (χ0n) is 20.7. The number of rotatable bonds is 10. The summed E-state index contributed by atoms with van der Waals surface area (Å²) in [5.74, 6) is -0.786. The van der Waals surface area contributed by atoms with Gasteiger partial charge in [0, 0.05) is 5.92 Å². The molecule has 1 aliphatic carbocycles. The second kappa shape index (κ2) is 11.1. The predicted molar refractivity (Wildman–Crippen MR) is 133 cm³/mol. The maximum Gasteiger partial charge on any atom is 0.459 e. The number of carbonyl (C=O) groups excluding carboxylic acids is 1. The highest BCUT2D eigenvalue weighted by Gasteiger charge is 2.44. The van der Waals surface area contributed by atoms with Gasteiger partial charge in [-0.3, -0.25) is 9.32 Å². The number of nitrogens with two attached hydrogens (primary N) is 1. The summed E-state index contributed by atoms with van der Waals surface area (Å²) in [7, 11) is -4.12. The molecule has 1 fully saturated rings. The number of anilines is 1. The number of nitrogens with zero attached hydrogens (tertiary/aromatic N) is 4. The Morgan fingerprint density at radius 3 is 2.62 bits per heavy atom. The second-order valence-electron chi connectivity index (χ2n) is 9.16. The van der Waals surface area contributed by atoms with Gasteiger partial charge in [0.2, 0.25) is 0 Å². The summed E-state index contributed by atoms with van der Waals surface area (Å²) < 4.78 is 31.9. The Kier molecular flexibility index (Phi) is 8.10. The molecule has 0 spiro atoms. The lowest BCUT2D eigenvalue weighted by Crippen LogP contribution is -2.37. The summed E-state index contributed by atoms with van der Waals surface area (Å²) in [4.78, 5) is 24.7. The Morgan fingerprint density at radius 2 is 1.92 bits per heavy atom. The molecule has 0 amide bonds. The van der Waals surface area contributed by atoms with Gasteiger partial charge in [-0.05, 0) is 39.3 Å². The van der Waals surface area contributed by atoms with Gasteiger partial charge in [-0.1, -0.05) is 18.2 Å². The van der Waals surface area contributed by atoms with Crippen molar-refractivity contribution in [1.29, 1.82) is 0 Å². The van der Waals surface area contributed by atoms with Crippen LogP contribution in [0.1, 0.15) is 33.2 Å². The zero-order valence-corrected chi connectivity index (χ0v) is 21.6. The molecule has 6 atom stereocenters. The molecular formula is C23H31N6O7P. The molecule has 13 nitrogen and oxygen atoms in total. The monoisotopic (exact) mass is 534 g/mol. The molecule has 4 rings (SSSR count). The maximum atomic E-state index is 13.7. The average Bonchev–Trinajstić information content (AvgIpc) is 3.40. The number of carbonyl (C=O) groups is 1. The van der Waals surface area contributed by atoms with E-state index in [9.17, 15) is 19.6 Å². The molecule has 0 bridgehead atoms. The molecule has 2 aromatic heterocycles. The SMILES string of the molecule is CC(C)OC(=O)[C@H](C)NP(=O)(OCC1CC(n2cnc3c(N)ncnc32)C(O)C1O)Oc1ccccc1. The van der Waals surface area contributed by atoms with Crippen molar-refractivity contribution in [3.63, 3.8) is 0 Å². The molecule has 5 N–H and O–H groups in total. The van der Waals surface area contributed by atoms with Crippen molar-refractivity contribution in [2.75, 3.05) is 12.3 Å². The summed E-state index contributed by atoms with van der Waals surface area (Å²) in [6, 6.07) is 6.75. The molecule has 2 heterocycles. The number of aromatic nitrogens is 4. The van der Waals surface area contributed by atoms with Crippen LogP contribution >= 0.6 is 7.75 Å². The summed E-state index contributed by atoms with van der Waals surface area (Å²) in [6.45, 7) is 4.65. The summed E-state index contributed by atoms with van der Waals surface area (Å²) in [5, 5.41) is 24.2. The highest BCUT2D eigenvalue weighted by atomic mass is 31.2. The van der Waals surface area contributed by atoms with Crippen molar-refractivity contribution < 1.29 is 33.4 Å². The van der Waals surface area contributed by atoms with Gasteiger partial charge in [0.05, 0.1) is 31.2 Å². The average molecular weight is 535 g/mol. The number of hydrogen-bond acceptors (Lipinski definition) is 11. The Hall–Kier alpha value is -3.09. The van der Waals surface area contributed by atoms with E-state index in [1.165, 1.54) is 19.6 Å². The fourth-order valence-corrected chi connectivity index (χ4v) is 5.73. The molecule has 0 radical (unpaired) electrons. The third-order valence-corrected chi connectivity index (χ3v) is 7.64. The molecule has 14 heteroatoms. The zero-order chi connectivity index (χ0) is 26.7. The Morgan fingerprint density at radius 1 is 1.19 bits per heavy atom. The van der Waals surface area contributed by atoms with Gasteiger partial charge in [0.25, 0.3) is 0 Å². The lowest BCUT2D eigenvalue weighted by atomic mass is 10.1.